The number of nitrogens with zero attached hydrogens (tertiary/aromatic N) is 5. The first-order valence-corrected chi connectivity index (χ1v) is 11.4. The molecule has 1 aromatic carbocycles. The van der Waals surface area contributed by atoms with Crippen LogP contribution >= 0.6 is 0 Å². The van der Waals surface area contributed by atoms with E-state index in [0.717, 1.165) is 38.6 Å². The lowest BCUT2D eigenvalue weighted by molar-refractivity contribution is 0.152. The molecular formula is C24H36N6. The molecule has 0 amide bonds. The second-order valence-corrected chi connectivity index (χ2v) is 8.86. The largest absolute Gasteiger partial charge is 0.352 e. The Labute approximate surface area is 181 Å². The van der Waals surface area contributed by atoms with Gasteiger partial charge in [-0.25, -0.2) is 0 Å². The van der Waals surface area contributed by atoms with E-state index >= 15 is 0 Å². The molecule has 0 aliphatic carbocycles. The fraction of sp³-hybridized carbons (Fsp3) is 0.583. The molecule has 2 fully saturated rings. The lowest BCUT2D eigenvalue weighted by atomic mass is 10.0. The third-order valence-electron chi connectivity index (χ3n) is 6.77. The number of nitrogens with one attached hydrogen (secondary N) is 1. The van der Waals surface area contributed by atoms with E-state index in [0.29, 0.717) is 12.0 Å². The molecule has 2 saturated heterocycles. The molecule has 2 aliphatic heterocycles. The normalized spacial score (nSPS) is 23.2. The summed E-state index contributed by atoms with van der Waals surface area (Å²) in [6.45, 7) is 7.48. The van der Waals surface area contributed by atoms with Crippen molar-refractivity contribution in [3.63, 3.8) is 0 Å². The van der Waals surface area contributed by atoms with E-state index in [1.54, 1.807) is 0 Å². The zero-order valence-electron chi connectivity index (χ0n) is 18.7. The number of hydrogen-bond donors (Lipinski definition) is 1. The Bertz CT molecular complexity index is 857. The molecule has 0 radical (unpaired) electrons. The van der Waals surface area contributed by atoms with Crippen molar-refractivity contribution < 1.29 is 0 Å². The SMILES string of the molecule is CN=C(NCc1ccccc1CN1CCCCC1C)N1CCC(c2cnn(C)c2)C1. The van der Waals surface area contributed by atoms with Crippen molar-refractivity contribution in [3.05, 3.63) is 53.3 Å². The molecule has 2 aliphatic rings. The van der Waals surface area contributed by atoms with Crippen molar-refractivity contribution in [1.29, 1.82) is 0 Å². The highest BCUT2D eigenvalue weighted by Gasteiger charge is 2.27. The number of likely N-dealkylation sites (tertiary alicyclic amines) is 2. The van der Waals surface area contributed by atoms with Crippen LogP contribution in [0.5, 0.6) is 0 Å². The van der Waals surface area contributed by atoms with Crippen LogP contribution in [0, 0.1) is 0 Å². The van der Waals surface area contributed by atoms with Gasteiger partial charge in [0.05, 0.1) is 6.20 Å². The number of benzene rings is 1. The Morgan fingerprint density at radius 1 is 1.17 bits per heavy atom. The molecule has 30 heavy (non-hydrogen) atoms. The van der Waals surface area contributed by atoms with E-state index in [1.807, 2.05) is 25.0 Å². The standard InChI is InChI=1S/C24H36N6/c1-19-8-6-7-12-29(19)17-21-10-5-4-9-20(21)14-26-24(25-2)30-13-11-22(18-30)23-15-27-28(3)16-23/h4-5,9-10,15-16,19,22H,6-8,11-14,17-18H2,1-3H3,(H,25,26). The van der Waals surface area contributed by atoms with Gasteiger partial charge in [-0.15, -0.1) is 0 Å². The van der Waals surface area contributed by atoms with Crippen molar-refractivity contribution in [3.8, 4) is 0 Å². The summed E-state index contributed by atoms with van der Waals surface area (Å²) >= 11 is 0. The maximum absolute atomic E-state index is 4.58. The smallest absolute Gasteiger partial charge is 0.193 e. The summed E-state index contributed by atoms with van der Waals surface area (Å²) in [6, 6.07) is 9.54. The predicted octanol–water partition coefficient (Wildman–Crippen LogP) is 3.36. The highest BCUT2D eigenvalue weighted by atomic mass is 15.3. The first-order chi connectivity index (χ1) is 14.6. The van der Waals surface area contributed by atoms with E-state index in [1.165, 1.54) is 42.5 Å². The molecule has 6 heteroatoms. The topological polar surface area (TPSA) is 48.7 Å². The minimum absolute atomic E-state index is 0.533. The van der Waals surface area contributed by atoms with Gasteiger partial charge in [-0.1, -0.05) is 30.7 Å². The summed E-state index contributed by atoms with van der Waals surface area (Å²) < 4.78 is 1.89. The fourth-order valence-electron chi connectivity index (χ4n) is 4.88. The molecule has 0 bridgehead atoms. The van der Waals surface area contributed by atoms with E-state index in [2.05, 4.69) is 62.6 Å². The highest BCUT2D eigenvalue weighted by molar-refractivity contribution is 5.80. The molecule has 4 rings (SSSR count). The van der Waals surface area contributed by atoms with Gasteiger partial charge in [0.15, 0.2) is 5.96 Å². The van der Waals surface area contributed by atoms with Gasteiger partial charge in [0.1, 0.15) is 0 Å². The van der Waals surface area contributed by atoms with E-state index in [4.69, 9.17) is 0 Å². The van der Waals surface area contributed by atoms with Crippen LogP contribution in [0.3, 0.4) is 0 Å². The molecule has 2 aromatic rings. The summed E-state index contributed by atoms with van der Waals surface area (Å²) in [5, 5.41) is 7.97. The molecule has 0 spiro atoms. The third kappa shape index (κ3) is 4.86. The van der Waals surface area contributed by atoms with Gasteiger partial charge in [0, 0.05) is 58.4 Å². The Hall–Kier alpha value is -2.34. The zero-order valence-corrected chi connectivity index (χ0v) is 18.7. The highest BCUT2D eigenvalue weighted by Crippen LogP contribution is 2.27. The monoisotopic (exact) mass is 408 g/mol. The summed E-state index contributed by atoms with van der Waals surface area (Å²) in [5.74, 6) is 1.53. The van der Waals surface area contributed by atoms with Crippen LogP contribution in [0.2, 0.25) is 0 Å². The van der Waals surface area contributed by atoms with Crippen LogP contribution in [-0.4, -0.2) is 58.3 Å². The van der Waals surface area contributed by atoms with Gasteiger partial charge < -0.3 is 10.2 Å². The van der Waals surface area contributed by atoms with Gasteiger partial charge in [0.25, 0.3) is 0 Å². The molecule has 162 valence electrons. The first kappa shape index (κ1) is 20.9. The van der Waals surface area contributed by atoms with Gasteiger partial charge in [-0.3, -0.25) is 14.6 Å². The Morgan fingerprint density at radius 3 is 2.73 bits per heavy atom. The van der Waals surface area contributed by atoms with Gasteiger partial charge in [-0.05, 0) is 49.4 Å². The molecule has 2 atom stereocenters. The van der Waals surface area contributed by atoms with Gasteiger partial charge in [-0.2, -0.15) is 5.10 Å². The van der Waals surface area contributed by atoms with Crippen molar-refractivity contribution in [2.45, 2.75) is 57.7 Å². The number of aliphatic imine (C=N–C) groups is 1. The van der Waals surface area contributed by atoms with Crippen LogP contribution in [0.4, 0.5) is 0 Å². The summed E-state index contributed by atoms with van der Waals surface area (Å²) in [6.07, 6.45) is 9.30. The number of piperidine rings is 1. The molecule has 3 heterocycles. The molecule has 6 nitrogen and oxygen atoms in total. The summed E-state index contributed by atoms with van der Waals surface area (Å²) in [7, 11) is 3.87. The van der Waals surface area contributed by atoms with Crippen molar-refractivity contribution in [2.75, 3.05) is 26.7 Å². The minimum Gasteiger partial charge on any atom is -0.352 e. The van der Waals surface area contributed by atoms with Crippen LogP contribution in [0.1, 0.15) is 55.2 Å². The maximum atomic E-state index is 4.58. The fourth-order valence-corrected chi connectivity index (χ4v) is 4.88. The Kier molecular flexibility index (Phi) is 6.72. The van der Waals surface area contributed by atoms with Gasteiger partial charge in [0.2, 0.25) is 0 Å². The molecule has 1 N–H and O–H groups in total. The summed E-state index contributed by atoms with van der Waals surface area (Å²) in [5.41, 5.74) is 4.14. The van der Waals surface area contributed by atoms with E-state index in [9.17, 15) is 0 Å². The molecular weight excluding hydrogens is 372 g/mol. The van der Waals surface area contributed by atoms with Crippen LogP contribution in [0.15, 0.2) is 41.7 Å². The lowest BCUT2D eigenvalue weighted by Gasteiger charge is -2.34. The van der Waals surface area contributed by atoms with Gasteiger partial charge >= 0.3 is 0 Å². The lowest BCUT2D eigenvalue weighted by Crippen LogP contribution is -2.40. The molecule has 0 saturated carbocycles. The number of aromatic nitrogens is 2. The van der Waals surface area contributed by atoms with E-state index < -0.39 is 0 Å². The molecule has 1 aromatic heterocycles. The van der Waals surface area contributed by atoms with Crippen LogP contribution < -0.4 is 5.32 Å². The first-order valence-electron chi connectivity index (χ1n) is 11.4. The second-order valence-electron chi connectivity index (χ2n) is 8.86. The zero-order chi connectivity index (χ0) is 20.9. The van der Waals surface area contributed by atoms with Crippen molar-refractivity contribution in [2.24, 2.45) is 12.0 Å². The van der Waals surface area contributed by atoms with Crippen LogP contribution in [-0.2, 0) is 20.1 Å². The maximum Gasteiger partial charge on any atom is 0.193 e. The Balaban J connectivity index is 1.37. The van der Waals surface area contributed by atoms with E-state index in [-0.39, 0.29) is 0 Å². The molecule has 2 unspecified atom stereocenters. The number of aryl methyl sites for hydroxylation is 1. The summed E-state index contributed by atoms with van der Waals surface area (Å²) in [4.78, 5) is 9.59. The van der Waals surface area contributed by atoms with Crippen molar-refractivity contribution in [1.82, 2.24) is 24.9 Å². The van der Waals surface area contributed by atoms with Crippen LogP contribution in [0.25, 0.3) is 0 Å². The number of guanidine groups is 1. The minimum atomic E-state index is 0.533. The van der Waals surface area contributed by atoms with Crippen molar-refractivity contribution >= 4 is 5.96 Å². The average Bonchev–Trinajstić information content (AvgIpc) is 3.41. The second kappa shape index (κ2) is 9.65. The third-order valence-corrected chi connectivity index (χ3v) is 6.77. The quantitative estimate of drug-likeness (QED) is 0.609. The predicted molar refractivity (Wildman–Crippen MR) is 123 cm³/mol. The number of rotatable bonds is 5. The number of hydrogen-bond acceptors (Lipinski definition) is 3. The average molecular weight is 409 g/mol. The Morgan fingerprint density at radius 2 is 2.00 bits per heavy atom.